The summed E-state index contributed by atoms with van der Waals surface area (Å²) < 4.78 is 36.7. The first-order valence-electron chi connectivity index (χ1n) is 10.5. The van der Waals surface area contributed by atoms with Crippen molar-refractivity contribution in [3.63, 3.8) is 0 Å². The second-order valence-electron chi connectivity index (χ2n) is 7.08. The van der Waals surface area contributed by atoms with Gasteiger partial charge in [0.1, 0.15) is 19.0 Å². The van der Waals surface area contributed by atoms with Crippen LogP contribution in [-0.2, 0) is 6.61 Å². The molecule has 3 aromatic carbocycles. The normalized spacial score (nSPS) is 10.6. The van der Waals surface area contributed by atoms with Crippen molar-refractivity contribution in [1.29, 1.82) is 0 Å². The molecule has 1 N–H and O–H groups in total. The van der Waals surface area contributed by atoms with Crippen LogP contribution in [0.25, 0.3) is 0 Å². The number of methoxy groups -OCH3 is 2. The number of nitrogens with zero attached hydrogens (tertiary/aromatic N) is 1. The number of carbonyl (C=O) groups is 1. The fraction of sp³-hybridized carbons (Fsp3) is 0.154. The number of nitrogens with one attached hydrogen (secondary N) is 1. The van der Waals surface area contributed by atoms with E-state index >= 15 is 0 Å². The molecule has 1 amide bonds. The summed E-state index contributed by atoms with van der Waals surface area (Å²) in [7, 11) is 3.01. The Morgan fingerprint density at radius 3 is 2.54 bits per heavy atom. The number of hydrogen-bond donors (Lipinski definition) is 1. The zero-order chi connectivity index (χ0) is 25.2. The molecule has 0 fully saturated rings. The summed E-state index contributed by atoms with van der Waals surface area (Å²) in [5, 5.41) is 4.04. The molecule has 7 nitrogen and oxygen atoms in total. The second-order valence-corrected chi connectivity index (χ2v) is 8.24. The zero-order valence-electron chi connectivity index (χ0n) is 19.2. The number of ether oxygens (including phenoxy) is 4. The summed E-state index contributed by atoms with van der Waals surface area (Å²) in [6.45, 7) is 3.99. The van der Waals surface area contributed by atoms with Gasteiger partial charge >= 0.3 is 0 Å². The third-order valence-electron chi connectivity index (χ3n) is 4.74. The van der Waals surface area contributed by atoms with Crippen molar-refractivity contribution >= 4 is 34.7 Å². The average molecular weight is 590 g/mol. The highest BCUT2D eigenvalue weighted by Crippen LogP contribution is 2.34. The van der Waals surface area contributed by atoms with E-state index in [1.165, 1.54) is 26.5 Å². The molecular formula is C26H24FIN2O5. The van der Waals surface area contributed by atoms with Crippen molar-refractivity contribution in [3.8, 4) is 23.0 Å². The lowest BCUT2D eigenvalue weighted by atomic mass is 10.2. The Kier molecular flexibility index (Phi) is 9.47. The molecule has 0 spiro atoms. The lowest BCUT2D eigenvalue weighted by Crippen LogP contribution is -2.17. The topological polar surface area (TPSA) is 78.4 Å². The van der Waals surface area contributed by atoms with Crippen molar-refractivity contribution in [3.05, 3.63) is 93.3 Å². The predicted octanol–water partition coefficient (Wildman–Crippen LogP) is 5.36. The number of hydrazone groups is 1. The summed E-state index contributed by atoms with van der Waals surface area (Å²) in [4.78, 5) is 12.5. The van der Waals surface area contributed by atoms with Gasteiger partial charge in [-0.3, -0.25) is 4.79 Å². The molecule has 0 saturated heterocycles. The van der Waals surface area contributed by atoms with Gasteiger partial charge in [-0.25, -0.2) is 9.82 Å². The Hall–Kier alpha value is -3.60. The smallest absolute Gasteiger partial charge is 0.271 e. The summed E-state index contributed by atoms with van der Waals surface area (Å²) in [5.74, 6) is 1.13. The summed E-state index contributed by atoms with van der Waals surface area (Å²) in [6.07, 6.45) is 3.11. The monoisotopic (exact) mass is 590 g/mol. The van der Waals surface area contributed by atoms with E-state index in [0.29, 0.717) is 46.3 Å². The first-order valence-corrected chi connectivity index (χ1v) is 11.5. The van der Waals surface area contributed by atoms with Gasteiger partial charge in [0.25, 0.3) is 5.91 Å². The minimum absolute atomic E-state index is 0.0589. The molecule has 9 heteroatoms. The second kappa shape index (κ2) is 12.7. The molecule has 35 heavy (non-hydrogen) atoms. The van der Waals surface area contributed by atoms with E-state index in [1.807, 2.05) is 6.07 Å². The molecule has 0 bridgehead atoms. The number of hydrogen-bond acceptors (Lipinski definition) is 6. The fourth-order valence-corrected chi connectivity index (χ4v) is 3.81. The van der Waals surface area contributed by atoms with Crippen molar-refractivity contribution in [1.82, 2.24) is 5.43 Å². The van der Waals surface area contributed by atoms with Gasteiger partial charge in [-0.05, 0) is 64.6 Å². The highest BCUT2D eigenvalue weighted by molar-refractivity contribution is 14.1. The van der Waals surface area contributed by atoms with Gasteiger partial charge in [0.15, 0.2) is 23.0 Å². The fourth-order valence-electron chi connectivity index (χ4n) is 3.03. The molecule has 0 aliphatic rings. The van der Waals surface area contributed by atoms with Crippen LogP contribution in [0, 0.1) is 9.39 Å². The molecule has 0 aliphatic heterocycles. The van der Waals surface area contributed by atoms with E-state index in [1.54, 1.807) is 48.5 Å². The molecule has 0 atom stereocenters. The Labute approximate surface area is 216 Å². The Morgan fingerprint density at radius 1 is 1.06 bits per heavy atom. The molecule has 0 saturated carbocycles. The molecule has 182 valence electrons. The largest absolute Gasteiger partial charge is 0.493 e. The maximum atomic E-state index is 13.9. The van der Waals surface area contributed by atoms with E-state index in [4.69, 9.17) is 18.9 Å². The van der Waals surface area contributed by atoms with E-state index in [0.717, 1.165) is 3.57 Å². The molecule has 0 aromatic heterocycles. The van der Waals surface area contributed by atoms with Gasteiger partial charge in [0.2, 0.25) is 0 Å². The number of rotatable bonds is 11. The maximum Gasteiger partial charge on any atom is 0.271 e. The van der Waals surface area contributed by atoms with Crippen LogP contribution in [-0.4, -0.2) is 32.9 Å². The van der Waals surface area contributed by atoms with Crippen LogP contribution < -0.4 is 24.4 Å². The van der Waals surface area contributed by atoms with Gasteiger partial charge in [0.05, 0.1) is 24.0 Å². The summed E-state index contributed by atoms with van der Waals surface area (Å²) in [5.41, 5.74) is 3.96. The molecule has 0 radical (unpaired) electrons. The minimum Gasteiger partial charge on any atom is -0.493 e. The van der Waals surface area contributed by atoms with Crippen molar-refractivity contribution in [2.24, 2.45) is 5.10 Å². The van der Waals surface area contributed by atoms with E-state index in [2.05, 4.69) is 39.7 Å². The van der Waals surface area contributed by atoms with Crippen molar-refractivity contribution in [2.75, 3.05) is 20.8 Å². The van der Waals surface area contributed by atoms with Crippen LogP contribution in [0.5, 0.6) is 23.0 Å². The first kappa shape index (κ1) is 26.0. The van der Waals surface area contributed by atoms with Gasteiger partial charge in [-0.15, -0.1) is 0 Å². The Bertz CT molecular complexity index is 1230. The van der Waals surface area contributed by atoms with Crippen molar-refractivity contribution in [2.45, 2.75) is 6.61 Å². The van der Waals surface area contributed by atoms with Gasteiger partial charge in [-0.1, -0.05) is 30.9 Å². The van der Waals surface area contributed by atoms with Crippen LogP contribution in [0.2, 0.25) is 0 Å². The molecule has 3 rings (SSSR count). The van der Waals surface area contributed by atoms with Gasteiger partial charge in [0, 0.05) is 11.1 Å². The molecular weight excluding hydrogens is 566 g/mol. The number of carbonyl (C=O) groups excluding carboxylic acids is 1. The number of benzene rings is 3. The summed E-state index contributed by atoms with van der Waals surface area (Å²) >= 11 is 2.10. The summed E-state index contributed by atoms with van der Waals surface area (Å²) in [6, 6.07) is 14.8. The van der Waals surface area contributed by atoms with Crippen LogP contribution in [0.1, 0.15) is 21.5 Å². The molecule has 0 unspecified atom stereocenters. The Morgan fingerprint density at radius 2 is 1.83 bits per heavy atom. The van der Waals surface area contributed by atoms with E-state index in [-0.39, 0.29) is 12.4 Å². The highest BCUT2D eigenvalue weighted by Gasteiger charge is 2.13. The third kappa shape index (κ3) is 6.95. The number of amides is 1. The minimum atomic E-state index is -0.415. The SMILES string of the molecule is C=CCOc1ccc(C(=O)N/N=C/c2cc(I)c(OCc3ccccc3F)c(OC)c2)cc1OC. The first-order chi connectivity index (χ1) is 17.0. The van der Waals surface area contributed by atoms with E-state index in [9.17, 15) is 9.18 Å². The molecule has 0 heterocycles. The standard InChI is InChI=1S/C26H24FIN2O5/c1-4-11-34-22-10-9-18(14-23(22)32-2)26(31)30-29-15-17-12-21(28)25(24(13-17)33-3)35-16-19-7-5-6-8-20(19)27/h4-10,12-15H,1,11,16H2,2-3H3,(H,30,31)/b29-15+. The molecule has 0 aliphatic carbocycles. The Balaban J connectivity index is 1.68. The highest BCUT2D eigenvalue weighted by atomic mass is 127. The maximum absolute atomic E-state index is 13.9. The van der Waals surface area contributed by atoms with Gasteiger partial charge < -0.3 is 18.9 Å². The van der Waals surface area contributed by atoms with Crippen LogP contribution in [0.3, 0.4) is 0 Å². The average Bonchev–Trinajstić information content (AvgIpc) is 2.87. The third-order valence-corrected chi connectivity index (χ3v) is 5.55. The predicted molar refractivity (Wildman–Crippen MR) is 140 cm³/mol. The quantitative estimate of drug-likeness (QED) is 0.141. The van der Waals surface area contributed by atoms with Crippen LogP contribution >= 0.6 is 22.6 Å². The zero-order valence-corrected chi connectivity index (χ0v) is 21.4. The van der Waals surface area contributed by atoms with Gasteiger partial charge in [-0.2, -0.15) is 5.10 Å². The lowest BCUT2D eigenvalue weighted by Gasteiger charge is -2.14. The van der Waals surface area contributed by atoms with Crippen LogP contribution in [0.4, 0.5) is 4.39 Å². The lowest BCUT2D eigenvalue weighted by molar-refractivity contribution is 0.0954. The van der Waals surface area contributed by atoms with Crippen LogP contribution in [0.15, 0.2) is 72.4 Å². The van der Waals surface area contributed by atoms with Crippen molar-refractivity contribution < 1.29 is 28.1 Å². The van der Waals surface area contributed by atoms with E-state index < -0.39 is 5.91 Å². The molecule has 3 aromatic rings. The number of halogens is 2.